The molecule has 2 nitrogen and oxygen atoms in total. The van der Waals surface area contributed by atoms with E-state index in [1.165, 1.54) is 44.9 Å². The molecule has 0 aromatic heterocycles. The normalized spacial score (nSPS) is 13.0. The molecule has 0 bridgehead atoms. The second-order valence-corrected chi connectivity index (χ2v) is 6.33. The van der Waals surface area contributed by atoms with Gasteiger partial charge in [-0.3, -0.25) is 0 Å². The van der Waals surface area contributed by atoms with Crippen molar-refractivity contribution in [1.82, 2.24) is 10.6 Å². The second kappa shape index (κ2) is 14.0. The summed E-state index contributed by atoms with van der Waals surface area (Å²) in [5.74, 6) is 0. The number of unbranched alkanes of at least 4 members (excludes halogenated alkanes) is 5. The van der Waals surface area contributed by atoms with Crippen molar-refractivity contribution in [2.45, 2.75) is 90.1 Å². The molecule has 0 amide bonds. The molecule has 0 heterocycles. The minimum Gasteiger partial charge on any atom is -0.312 e. The molecule has 0 saturated heterocycles. The maximum Gasteiger partial charge on any atom is 0.0700 e. The SMILES string of the molecule is C=CC(C=C)(NCCC)C(CCCCCCCC)NCCC. The van der Waals surface area contributed by atoms with Crippen LogP contribution in [-0.4, -0.2) is 24.7 Å². The van der Waals surface area contributed by atoms with Gasteiger partial charge in [0.1, 0.15) is 0 Å². The third-order valence-corrected chi connectivity index (χ3v) is 4.42. The van der Waals surface area contributed by atoms with Crippen LogP contribution in [0, 0.1) is 0 Å². The Morgan fingerprint density at radius 1 is 0.818 bits per heavy atom. The predicted octanol–water partition coefficient (Wildman–Crippen LogP) is 5.22. The molecule has 0 aliphatic carbocycles. The molecule has 0 spiro atoms. The van der Waals surface area contributed by atoms with E-state index >= 15 is 0 Å². The topological polar surface area (TPSA) is 24.1 Å². The first-order valence-electron chi connectivity index (χ1n) is 9.46. The Bertz CT molecular complexity index is 265. The maximum absolute atomic E-state index is 4.08. The van der Waals surface area contributed by atoms with Crippen LogP contribution >= 0.6 is 0 Å². The summed E-state index contributed by atoms with van der Waals surface area (Å²) in [4.78, 5) is 0. The summed E-state index contributed by atoms with van der Waals surface area (Å²) < 4.78 is 0. The van der Waals surface area contributed by atoms with E-state index < -0.39 is 0 Å². The number of hydrogen-bond donors (Lipinski definition) is 2. The Hall–Kier alpha value is -0.600. The molecule has 0 radical (unpaired) electrons. The summed E-state index contributed by atoms with van der Waals surface area (Å²) in [6, 6.07) is 0.389. The molecule has 130 valence electrons. The molecule has 1 atom stereocenters. The van der Waals surface area contributed by atoms with Crippen molar-refractivity contribution in [2.75, 3.05) is 13.1 Å². The fourth-order valence-corrected chi connectivity index (χ4v) is 2.93. The minimum absolute atomic E-state index is 0.186. The zero-order chi connectivity index (χ0) is 16.7. The first kappa shape index (κ1) is 21.4. The molecular weight excluding hydrogens is 268 g/mol. The van der Waals surface area contributed by atoms with Gasteiger partial charge >= 0.3 is 0 Å². The molecule has 2 N–H and O–H groups in total. The van der Waals surface area contributed by atoms with Crippen molar-refractivity contribution in [3.05, 3.63) is 25.3 Å². The Morgan fingerprint density at radius 3 is 1.95 bits per heavy atom. The highest BCUT2D eigenvalue weighted by Crippen LogP contribution is 2.20. The van der Waals surface area contributed by atoms with Crippen LogP contribution in [0.5, 0.6) is 0 Å². The van der Waals surface area contributed by atoms with Gasteiger partial charge in [0.2, 0.25) is 0 Å². The molecule has 0 aliphatic heterocycles. The van der Waals surface area contributed by atoms with Crippen LogP contribution in [0.25, 0.3) is 0 Å². The standard InChI is InChI=1S/C20H40N2/c1-6-11-12-13-14-15-16-19(21-17-7-2)20(9-4,10-5)22-18-8-3/h9-10,19,21-22H,4-8,11-18H2,1-3H3. The Labute approximate surface area is 139 Å². The molecule has 0 saturated carbocycles. The number of hydrogen-bond acceptors (Lipinski definition) is 2. The third kappa shape index (κ3) is 8.14. The van der Waals surface area contributed by atoms with Crippen LogP contribution in [0.3, 0.4) is 0 Å². The largest absolute Gasteiger partial charge is 0.312 e. The van der Waals surface area contributed by atoms with Gasteiger partial charge in [-0.1, -0.05) is 71.4 Å². The van der Waals surface area contributed by atoms with Crippen molar-refractivity contribution in [3.63, 3.8) is 0 Å². The second-order valence-electron chi connectivity index (χ2n) is 6.33. The molecule has 0 aliphatic rings. The van der Waals surface area contributed by atoms with Crippen LogP contribution < -0.4 is 10.6 Å². The number of nitrogens with one attached hydrogen (secondary N) is 2. The van der Waals surface area contributed by atoms with E-state index in [4.69, 9.17) is 0 Å². The van der Waals surface area contributed by atoms with Gasteiger partial charge in [0, 0.05) is 6.04 Å². The van der Waals surface area contributed by atoms with Crippen molar-refractivity contribution >= 4 is 0 Å². The molecule has 0 aromatic carbocycles. The lowest BCUT2D eigenvalue weighted by Crippen LogP contribution is -2.57. The average Bonchev–Trinajstić information content (AvgIpc) is 2.55. The highest BCUT2D eigenvalue weighted by atomic mass is 15.1. The summed E-state index contributed by atoms with van der Waals surface area (Å²) >= 11 is 0. The summed E-state index contributed by atoms with van der Waals surface area (Å²) in [5, 5.41) is 7.37. The molecule has 0 aromatic rings. The van der Waals surface area contributed by atoms with Gasteiger partial charge in [0.15, 0.2) is 0 Å². The van der Waals surface area contributed by atoms with Crippen molar-refractivity contribution in [2.24, 2.45) is 0 Å². The number of rotatable bonds is 16. The fraction of sp³-hybridized carbons (Fsp3) is 0.800. The molecule has 1 unspecified atom stereocenters. The van der Waals surface area contributed by atoms with Gasteiger partial charge in [0.25, 0.3) is 0 Å². The van der Waals surface area contributed by atoms with Crippen LogP contribution in [0.2, 0.25) is 0 Å². The monoisotopic (exact) mass is 308 g/mol. The van der Waals surface area contributed by atoms with Gasteiger partial charge in [-0.05, 0) is 32.4 Å². The molecule has 0 fully saturated rings. The summed E-state index contributed by atoms with van der Waals surface area (Å²) in [6.07, 6.45) is 15.6. The predicted molar refractivity (Wildman–Crippen MR) is 101 cm³/mol. The Balaban J connectivity index is 4.54. The summed E-state index contributed by atoms with van der Waals surface area (Å²) in [5.41, 5.74) is -0.186. The Kier molecular flexibility index (Phi) is 13.6. The highest BCUT2D eigenvalue weighted by Gasteiger charge is 2.31. The van der Waals surface area contributed by atoms with Crippen LogP contribution in [0.4, 0.5) is 0 Å². The minimum atomic E-state index is -0.186. The lowest BCUT2D eigenvalue weighted by Gasteiger charge is -2.38. The van der Waals surface area contributed by atoms with Crippen LogP contribution in [0.1, 0.15) is 78.6 Å². The molecule has 0 rings (SSSR count). The third-order valence-electron chi connectivity index (χ3n) is 4.42. The van der Waals surface area contributed by atoms with Crippen LogP contribution in [0.15, 0.2) is 25.3 Å². The van der Waals surface area contributed by atoms with E-state index in [2.05, 4.69) is 44.6 Å². The van der Waals surface area contributed by atoms with E-state index in [1.54, 1.807) is 0 Å². The van der Waals surface area contributed by atoms with Gasteiger partial charge in [-0.2, -0.15) is 0 Å². The summed E-state index contributed by atoms with van der Waals surface area (Å²) in [6.45, 7) is 16.9. The first-order valence-corrected chi connectivity index (χ1v) is 9.46. The highest BCUT2D eigenvalue weighted by molar-refractivity contribution is 5.20. The van der Waals surface area contributed by atoms with E-state index in [9.17, 15) is 0 Å². The quantitative estimate of drug-likeness (QED) is 0.302. The molecular formula is C20H40N2. The maximum atomic E-state index is 4.08. The zero-order valence-corrected chi connectivity index (χ0v) is 15.4. The van der Waals surface area contributed by atoms with Gasteiger partial charge in [-0.15, -0.1) is 13.2 Å². The average molecular weight is 309 g/mol. The van der Waals surface area contributed by atoms with Crippen LogP contribution in [-0.2, 0) is 0 Å². The van der Waals surface area contributed by atoms with Crippen molar-refractivity contribution < 1.29 is 0 Å². The lowest BCUT2D eigenvalue weighted by atomic mass is 9.86. The fourth-order valence-electron chi connectivity index (χ4n) is 2.93. The smallest absolute Gasteiger partial charge is 0.0700 e. The van der Waals surface area contributed by atoms with E-state index in [0.717, 1.165) is 25.9 Å². The lowest BCUT2D eigenvalue weighted by molar-refractivity contribution is 0.318. The summed E-state index contributed by atoms with van der Waals surface area (Å²) in [7, 11) is 0. The van der Waals surface area contributed by atoms with Gasteiger partial charge in [0.05, 0.1) is 5.54 Å². The van der Waals surface area contributed by atoms with Gasteiger partial charge in [-0.25, -0.2) is 0 Å². The first-order chi connectivity index (χ1) is 10.7. The van der Waals surface area contributed by atoms with Gasteiger partial charge < -0.3 is 10.6 Å². The van der Waals surface area contributed by atoms with Crippen molar-refractivity contribution in [1.29, 1.82) is 0 Å². The Morgan fingerprint density at radius 2 is 1.41 bits per heavy atom. The van der Waals surface area contributed by atoms with E-state index in [0.29, 0.717) is 6.04 Å². The van der Waals surface area contributed by atoms with E-state index in [1.807, 2.05) is 12.2 Å². The molecule has 22 heavy (non-hydrogen) atoms. The van der Waals surface area contributed by atoms with E-state index in [-0.39, 0.29) is 5.54 Å². The zero-order valence-electron chi connectivity index (χ0n) is 15.4. The molecule has 2 heteroatoms. The van der Waals surface area contributed by atoms with Crippen molar-refractivity contribution in [3.8, 4) is 0 Å².